The molecule has 0 aliphatic heterocycles. The van der Waals surface area contributed by atoms with Gasteiger partial charge in [-0.3, -0.25) is 9.59 Å². The van der Waals surface area contributed by atoms with Crippen LogP contribution in [-0.2, 0) is 19.4 Å². The molecule has 0 aromatic carbocycles. The Morgan fingerprint density at radius 1 is 1.33 bits per heavy atom. The van der Waals surface area contributed by atoms with Crippen LogP contribution in [0.15, 0.2) is 0 Å². The maximum Gasteiger partial charge on any atom is 0.305 e. The van der Waals surface area contributed by atoms with Crippen molar-refractivity contribution in [1.29, 1.82) is 0 Å². The Balaban J connectivity index is 4.41. The molecule has 0 fully saturated rings. The van der Waals surface area contributed by atoms with Gasteiger partial charge in [0.25, 0.3) is 0 Å². The molecule has 7 heteroatoms. The predicted octanol–water partition coefficient (Wildman–Crippen LogP) is -0.599. The minimum atomic E-state index is -3.51. The molecule has 88 valence electrons. The summed E-state index contributed by atoms with van der Waals surface area (Å²) in [5.41, 5.74) is 0. The average Bonchev–Trinajstić information content (AvgIpc) is 2.01. The standard InChI is InChI=1S/C8H15NO5S/c1-8(2,15(3,13)14)7(12)9-5-4-6(10)11/h4-5H2,1-3H3,(H,9,12)(H,10,11). The van der Waals surface area contributed by atoms with Gasteiger partial charge in [-0.1, -0.05) is 0 Å². The fourth-order valence-electron chi connectivity index (χ4n) is 0.664. The van der Waals surface area contributed by atoms with Crippen molar-refractivity contribution in [3.8, 4) is 0 Å². The number of amides is 1. The van der Waals surface area contributed by atoms with Gasteiger partial charge in [0.1, 0.15) is 4.75 Å². The van der Waals surface area contributed by atoms with E-state index in [9.17, 15) is 18.0 Å². The summed E-state index contributed by atoms with van der Waals surface area (Å²) in [6, 6.07) is 0. The van der Waals surface area contributed by atoms with E-state index in [1.54, 1.807) is 0 Å². The fraction of sp³-hybridized carbons (Fsp3) is 0.750. The van der Waals surface area contributed by atoms with E-state index in [2.05, 4.69) is 5.32 Å². The minimum absolute atomic E-state index is 0.0763. The summed E-state index contributed by atoms with van der Waals surface area (Å²) in [6.07, 6.45) is 0.732. The third kappa shape index (κ3) is 3.86. The molecule has 0 aromatic rings. The first kappa shape index (κ1) is 13.9. The molecule has 2 N–H and O–H groups in total. The van der Waals surface area contributed by atoms with Gasteiger partial charge in [-0.25, -0.2) is 8.42 Å². The SMILES string of the molecule is CC(C)(C(=O)NCCC(=O)O)S(C)(=O)=O. The number of carbonyl (C=O) groups is 2. The number of carboxylic acid groups (broad SMARTS) is 1. The lowest BCUT2D eigenvalue weighted by Crippen LogP contribution is -2.48. The highest BCUT2D eigenvalue weighted by Gasteiger charge is 2.38. The third-order valence-electron chi connectivity index (χ3n) is 2.10. The molecule has 0 bridgehead atoms. The number of nitrogens with one attached hydrogen (secondary N) is 1. The molecule has 0 aliphatic carbocycles. The van der Waals surface area contributed by atoms with Crippen molar-refractivity contribution in [2.45, 2.75) is 25.0 Å². The topological polar surface area (TPSA) is 101 Å². The summed E-state index contributed by atoms with van der Waals surface area (Å²) in [7, 11) is -3.51. The van der Waals surface area contributed by atoms with Crippen LogP contribution in [0.3, 0.4) is 0 Å². The molecule has 0 unspecified atom stereocenters. The number of hydrogen-bond acceptors (Lipinski definition) is 4. The van der Waals surface area contributed by atoms with E-state index in [0.717, 1.165) is 6.26 Å². The van der Waals surface area contributed by atoms with Crippen LogP contribution in [-0.4, -0.2) is 42.9 Å². The summed E-state index contributed by atoms with van der Waals surface area (Å²) in [5, 5.41) is 10.6. The first-order chi connectivity index (χ1) is 6.59. The van der Waals surface area contributed by atoms with Crippen molar-refractivity contribution in [3.05, 3.63) is 0 Å². The number of rotatable bonds is 5. The Morgan fingerprint density at radius 2 is 1.80 bits per heavy atom. The van der Waals surface area contributed by atoms with Gasteiger partial charge in [0.05, 0.1) is 6.42 Å². The lowest BCUT2D eigenvalue weighted by atomic mass is 10.2. The van der Waals surface area contributed by atoms with Gasteiger partial charge >= 0.3 is 5.97 Å². The Kier molecular flexibility index (Phi) is 4.27. The highest BCUT2D eigenvalue weighted by atomic mass is 32.2. The summed E-state index contributed by atoms with van der Waals surface area (Å²) >= 11 is 0. The molecule has 0 aromatic heterocycles. The summed E-state index contributed by atoms with van der Waals surface area (Å²) in [4.78, 5) is 21.6. The zero-order chi connectivity index (χ0) is 12.3. The molecule has 1 amide bonds. The smallest absolute Gasteiger partial charge is 0.305 e. The second-order valence-electron chi connectivity index (χ2n) is 3.68. The second-order valence-corrected chi connectivity index (χ2v) is 6.25. The van der Waals surface area contributed by atoms with Crippen LogP contribution in [0.4, 0.5) is 0 Å². The van der Waals surface area contributed by atoms with Crippen molar-refractivity contribution in [1.82, 2.24) is 5.32 Å². The zero-order valence-electron chi connectivity index (χ0n) is 8.90. The van der Waals surface area contributed by atoms with Crippen molar-refractivity contribution < 1.29 is 23.1 Å². The van der Waals surface area contributed by atoms with E-state index in [-0.39, 0.29) is 13.0 Å². The molecule has 15 heavy (non-hydrogen) atoms. The minimum Gasteiger partial charge on any atom is -0.481 e. The number of carbonyl (C=O) groups excluding carboxylic acids is 1. The molecular weight excluding hydrogens is 222 g/mol. The Hall–Kier alpha value is -1.11. The largest absolute Gasteiger partial charge is 0.481 e. The van der Waals surface area contributed by atoms with Crippen LogP contribution in [0, 0.1) is 0 Å². The summed E-state index contributed by atoms with van der Waals surface area (Å²) in [6.45, 7) is 2.48. The predicted molar refractivity (Wildman–Crippen MR) is 54.2 cm³/mol. The number of carboxylic acids is 1. The van der Waals surface area contributed by atoms with E-state index in [4.69, 9.17) is 5.11 Å². The quantitative estimate of drug-likeness (QED) is 0.665. The van der Waals surface area contributed by atoms with Gasteiger partial charge in [0.2, 0.25) is 5.91 Å². The molecular formula is C8H15NO5S. The highest BCUT2D eigenvalue weighted by molar-refractivity contribution is 7.92. The van der Waals surface area contributed by atoms with Gasteiger partial charge < -0.3 is 10.4 Å². The normalized spacial score (nSPS) is 12.2. The monoisotopic (exact) mass is 237 g/mol. The molecule has 0 radical (unpaired) electrons. The van der Waals surface area contributed by atoms with Crippen molar-refractivity contribution >= 4 is 21.7 Å². The summed E-state index contributed by atoms with van der Waals surface area (Å²) < 4.78 is 20.9. The van der Waals surface area contributed by atoms with Crippen LogP contribution < -0.4 is 5.32 Å². The van der Waals surface area contributed by atoms with Gasteiger partial charge in [-0.05, 0) is 13.8 Å². The van der Waals surface area contributed by atoms with Gasteiger partial charge in [-0.15, -0.1) is 0 Å². The third-order valence-corrected chi connectivity index (χ3v) is 4.14. The molecule has 0 heterocycles. The second kappa shape index (κ2) is 4.61. The Labute approximate surface area is 88.6 Å². The molecule has 6 nitrogen and oxygen atoms in total. The maximum atomic E-state index is 11.4. The molecule has 0 rings (SSSR count). The van der Waals surface area contributed by atoms with Crippen molar-refractivity contribution in [2.75, 3.05) is 12.8 Å². The number of sulfone groups is 1. The number of aliphatic carboxylic acids is 1. The fourth-order valence-corrected chi connectivity index (χ4v) is 1.07. The van der Waals surface area contributed by atoms with E-state index in [1.807, 2.05) is 0 Å². The average molecular weight is 237 g/mol. The first-order valence-corrected chi connectivity index (χ1v) is 6.18. The van der Waals surface area contributed by atoms with Crippen LogP contribution in [0.2, 0.25) is 0 Å². The Morgan fingerprint density at radius 3 is 2.13 bits per heavy atom. The van der Waals surface area contributed by atoms with Crippen LogP contribution in [0.5, 0.6) is 0 Å². The first-order valence-electron chi connectivity index (χ1n) is 4.28. The Bertz CT molecular complexity index is 357. The van der Waals surface area contributed by atoms with E-state index in [0.29, 0.717) is 0 Å². The molecule has 0 saturated heterocycles. The van der Waals surface area contributed by atoms with Gasteiger partial charge in [0.15, 0.2) is 9.84 Å². The van der Waals surface area contributed by atoms with Gasteiger partial charge in [0, 0.05) is 12.8 Å². The highest BCUT2D eigenvalue weighted by Crippen LogP contribution is 2.14. The molecule has 0 atom stereocenters. The zero-order valence-corrected chi connectivity index (χ0v) is 9.72. The van der Waals surface area contributed by atoms with E-state index < -0.39 is 26.5 Å². The van der Waals surface area contributed by atoms with Crippen molar-refractivity contribution in [2.24, 2.45) is 0 Å². The molecule has 0 spiro atoms. The molecule has 0 aliphatic rings. The van der Waals surface area contributed by atoms with Crippen molar-refractivity contribution in [3.63, 3.8) is 0 Å². The van der Waals surface area contributed by atoms with Crippen LogP contribution >= 0.6 is 0 Å². The van der Waals surface area contributed by atoms with Crippen LogP contribution in [0.1, 0.15) is 20.3 Å². The van der Waals surface area contributed by atoms with E-state index in [1.165, 1.54) is 13.8 Å². The molecule has 0 saturated carbocycles. The van der Waals surface area contributed by atoms with Gasteiger partial charge in [-0.2, -0.15) is 0 Å². The lowest BCUT2D eigenvalue weighted by Gasteiger charge is -2.21. The lowest BCUT2D eigenvalue weighted by molar-refractivity contribution is -0.136. The number of hydrogen-bond donors (Lipinski definition) is 2. The van der Waals surface area contributed by atoms with Crippen LogP contribution in [0.25, 0.3) is 0 Å². The van der Waals surface area contributed by atoms with E-state index >= 15 is 0 Å². The summed E-state index contributed by atoms with van der Waals surface area (Å²) in [5.74, 6) is -1.74. The maximum absolute atomic E-state index is 11.4.